The molecule has 2 aromatic heterocycles. The number of nitrogens with zero attached hydrogens (tertiary/aromatic N) is 2. The summed E-state index contributed by atoms with van der Waals surface area (Å²) in [5.74, 6) is 0.724. The first kappa shape index (κ1) is 18.5. The lowest BCUT2D eigenvalue weighted by molar-refractivity contribution is 0.0956. The molecule has 0 spiro atoms. The Morgan fingerprint density at radius 1 is 1.31 bits per heavy atom. The van der Waals surface area contributed by atoms with Crippen molar-refractivity contribution < 1.29 is 9.53 Å². The summed E-state index contributed by atoms with van der Waals surface area (Å²) >= 11 is 7.54. The summed E-state index contributed by atoms with van der Waals surface area (Å²) in [5, 5.41) is 9.89. The zero-order chi connectivity index (χ0) is 18.5. The first-order valence-corrected chi connectivity index (χ1v) is 9.53. The van der Waals surface area contributed by atoms with Gasteiger partial charge in [-0.1, -0.05) is 29.8 Å². The number of carbonyl (C=O) groups excluding carboxylic acids is 1. The van der Waals surface area contributed by atoms with E-state index in [1.54, 1.807) is 0 Å². The Hall–Kier alpha value is -2.31. The Bertz CT molecular complexity index is 890. The third-order valence-electron chi connectivity index (χ3n) is 3.93. The highest BCUT2D eigenvalue weighted by atomic mass is 35.5. The third-order valence-corrected chi connectivity index (χ3v) is 5.45. The lowest BCUT2D eigenvalue weighted by Gasteiger charge is -2.06. The predicted octanol–water partition coefficient (Wildman–Crippen LogP) is 4.22. The number of hydrogen-bond acceptors (Lipinski definition) is 4. The van der Waals surface area contributed by atoms with Gasteiger partial charge in [0.2, 0.25) is 0 Å². The molecule has 0 saturated heterocycles. The number of rotatable bonds is 7. The fourth-order valence-electron chi connectivity index (χ4n) is 2.51. The van der Waals surface area contributed by atoms with Crippen LogP contribution in [-0.2, 0) is 13.2 Å². The van der Waals surface area contributed by atoms with E-state index in [1.165, 1.54) is 11.3 Å². The van der Waals surface area contributed by atoms with Gasteiger partial charge in [0.15, 0.2) is 0 Å². The molecule has 136 valence electrons. The minimum absolute atomic E-state index is 0.0893. The van der Waals surface area contributed by atoms with Crippen LogP contribution in [-0.4, -0.2) is 22.2 Å². The molecule has 5 nitrogen and oxygen atoms in total. The number of benzene rings is 1. The van der Waals surface area contributed by atoms with Gasteiger partial charge in [-0.25, -0.2) is 0 Å². The number of aromatic nitrogens is 2. The van der Waals surface area contributed by atoms with Crippen molar-refractivity contribution in [1.29, 1.82) is 0 Å². The zero-order valence-corrected chi connectivity index (χ0v) is 16.2. The summed E-state index contributed by atoms with van der Waals surface area (Å²) in [7, 11) is 0. The van der Waals surface area contributed by atoms with Gasteiger partial charge in [-0.2, -0.15) is 5.10 Å². The normalized spacial score (nSPS) is 10.7. The highest BCUT2D eigenvalue weighted by Crippen LogP contribution is 2.19. The molecule has 0 aliphatic carbocycles. The minimum atomic E-state index is -0.0893. The Morgan fingerprint density at radius 3 is 2.77 bits per heavy atom. The van der Waals surface area contributed by atoms with Gasteiger partial charge >= 0.3 is 0 Å². The van der Waals surface area contributed by atoms with Crippen molar-refractivity contribution in [3.8, 4) is 5.75 Å². The average Bonchev–Trinajstić information content (AvgIpc) is 3.22. The van der Waals surface area contributed by atoms with Gasteiger partial charge in [0.05, 0.1) is 27.8 Å². The SMILES string of the molecule is Cc1nn(CCNC(=O)c2cc(COc3ccccc3)cs2)c(C)c1Cl. The van der Waals surface area contributed by atoms with Crippen molar-refractivity contribution >= 4 is 28.8 Å². The average molecular weight is 390 g/mol. The fourth-order valence-corrected chi connectivity index (χ4v) is 3.46. The summed E-state index contributed by atoms with van der Waals surface area (Å²) in [6.07, 6.45) is 0. The highest BCUT2D eigenvalue weighted by molar-refractivity contribution is 7.12. The van der Waals surface area contributed by atoms with Crippen LogP contribution in [0.4, 0.5) is 0 Å². The summed E-state index contributed by atoms with van der Waals surface area (Å²) in [6.45, 7) is 5.31. The van der Waals surface area contributed by atoms with Gasteiger partial charge in [0.25, 0.3) is 5.91 Å². The summed E-state index contributed by atoms with van der Waals surface area (Å²) in [4.78, 5) is 13.0. The van der Waals surface area contributed by atoms with Gasteiger partial charge in [0.1, 0.15) is 12.4 Å². The maximum atomic E-state index is 12.3. The molecule has 0 aliphatic heterocycles. The van der Waals surface area contributed by atoms with Crippen LogP contribution < -0.4 is 10.1 Å². The topological polar surface area (TPSA) is 56.2 Å². The van der Waals surface area contributed by atoms with Crippen LogP contribution in [0.2, 0.25) is 5.02 Å². The van der Waals surface area contributed by atoms with Crippen molar-refractivity contribution in [3.05, 3.63) is 68.6 Å². The molecule has 26 heavy (non-hydrogen) atoms. The van der Waals surface area contributed by atoms with Crippen molar-refractivity contribution in [3.63, 3.8) is 0 Å². The van der Waals surface area contributed by atoms with Crippen molar-refractivity contribution in [2.75, 3.05) is 6.54 Å². The van der Waals surface area contributed by atoms with Crippen LogP contribution in [0, 0.1) is 13.8 Å². The molecule has 0 saturated carbocycles. The van der Waals surface area contributed by atoms with E-state index in [-0.39, 0.29) is 5.91 Å². The molecule has 2 heterocycles. The monoisotopic (exact) mass is 389 g/mol. The number of halogens is 1. The van der Waals surface area contributed by atoms with E-state index in [1.807, 2.05) is 60.3 Å². The summed E-state index contributed by atoms with van der Waals surface area (Å²) in [6, 6.07) is 11.5. The molecule has 1 aromatic carbocycles. The van der Waals surface area contributed by atoms with Crippen LogP contribution in [0.5, 0.6) is 5.75 Å². The fraction of sp³-hybridized carbons (Fsp3) is 0.263. The molecule has 0 aliphatic rings. The van der Waals surface area contributed by atoms with E-state index in [4.69, 9.17) is 16.3 Å². The van der Waals surface area contributed by atoms with Gasteiger partial charge in [0, 0.05) is 12.1 Å². The van der Waals surface area contributed by atoms with E-state index >= 15 is 0 Å². The molecule has 0 radical (unpaired) electrons. The second-order valence-corrected chi connectivity index (χ2v) is 7.17. The predicted molar refractivity (Wildman–Crippen MR) is 104 cm³/mol. The summed E-state index contributed by atoms with van der Waals surface area (Å²) < 4.78 is 7.51. The van der Waals surface area contributed by atoms with Crippen molar-refractivity contribution in [2.24, 2.45) is 0 Å². The molecule has 0 unspecified atom stereocenters. The largest absolute Gasteiger partial charge is 0.489 e. The van der Waals surface area contributed by atoms with Crippen LogP contribution in [0.1, 0.15) is 26.6 Å². The van der Waals surface area contributed by atoms with E-state index in [9.17, 15) is 4.79 Å². The standard InChI is InChI=1S/C19H20ClN3O2S/c1-13-18(20)14(2)23(22-13)9-8-21-19(24)17-10-15(12-26-17)11-25-16-6-4-3-5-7-16/h3-7,10,12H,8-9,11H2,1-2H3,(H,21,24). The molecule has 1 N–H and O–H groups in total. The van der Waals surface area contributed by atoms with E-state index in [0.29, 0.717) is 29.6 Å². The highest BCUT2D eigenvalue weighted by Gasteiger charge is 2.11. The number of thiophene rings is 1. The first-order valence-electron chi connectivity index (χ1n) is 8.27. The number of aryl methyl sites for hydroxylation is 1. The molecule has 3 aromatic rings. The Balaban J connectivity index is 1.49. The Kier molecular flexibility index (Phi) is 5.96. The minimum Gasteiger partial charge on any atom is -0.489 e. The molecule has 3 rings (SSSR count). The van der Waals surface area contributed by atoms with Crippen LogP contribution in [0.25, 0.3) is 0 Å². The molecule has 0 atom stereocenters. The maximum absolute atomic E-state index is 12.3. The number of carbonyl (C=O) groups is 1. The molecule has 0 fully saturated rings. The van der Waals surface area contributed by atoms with Gasteiger partial charge < -0.3 is 10.1 Å². The van der Waals surface area contributed by atoms with Crippen LogP contribution in [0.15, 0.2) is 41.8 Å². The molecule has 1 amide bonds. The maximum Gasteiger partial charge on any atom is 0.261 e. The smallest absolute Gasteiger partial charge is 0.261 e. The van der Waals surface area contributed by atoms with Crippen LogP contribution in [0.3, 0.4) is 0 Å². The number of nitrogens with one attached hydrogen (secondary N) is 1. The number of ether oxygens (including phenoxy) is 1. The van der Waals surface area contributed by atoms with Crippen molar-refractivity contribution in [1.82, 2.24) is 15.1 Å². The molecule has 0 bridgehead atoms. The Labute approximate surface area is 161 Å². The van der Waals surface area contributed by atoms with E-state index < -0.39 is 0 Å². The lowest BCUT2D eigenvalue weighted by Crippen LogP contribution is -2.27. The quantitative estimate of drug-likeness (QED) is 0.658. The Morgan fingerprint density at radius 2 is 2.08 bits per heavy atom. The van der Waals surface area contributed by atoms with E-state index in [2.05, 4.69) is 10.4 Å². The van der Waals surface area contributed by atoms with E-state index in [0.717, 1.165) is 22.7 Å². The van der Waals surface area contributed by atoms with Gasteiger partial charge in [-0.15, -0.1) is 11.3 Å². The molecular weight excluding hydrogens is 370 g/mol. The lowest BCUT2D eigenvalue weighted by atomic mass is 10.3. The van der Waals surface area contributed by atoms with Crippen LogP contribution >= 0.6 is 22.9 Å². The second-order valence-electron chi connectivity index (χ2n) is 5.88. The number of amides is 1. The molecular formula is C19H20ClN3O2S. The first-order chi connectivity index (χ1) is 12.5. The number of hydrogen-bond donors (Lipinski definition) is 1. The van der Waals surface area contributed by atoms with Gasteiger partial charge in [-0.05, 0) is 37.4 Å². The molecule has 7 heteroatoms. The number of para-hydroxylation sites is 1. The summed E-state index contributed by atoms with van der Waals surface area (Å²) in [5.41, 5.74) is 2.70. The second kappa shape index (κ2) is 8.38. The zero-order valence-electron chi connectivity index (χ0n) is 14.7. The van der Waals surface area contributed by atoms with Gasteiger partial charge in [-0.3, -0.25) is 9.48 Å². The third kappa shape index (κ3) is 4.45. The van der Waals surface area contributed by atoms with Crippen molar-refractivity contribution in [2.45, 2.75) is 27.0 Å².